The highest BCUT2D eigenvalue weighted by Crippen LogP contribution is 2.31. The van der Waals surface area contributed by atoms with Crippen LogP contribution in [0.15, 0.2) is 30.3 Å². The van der Waals surface area contributed by atoms with Crippen LogP contribution in [-0.2, 0) is 11.2 Å². The number of imidazole rings is 1. The van der Waals surface area contributed by atoms with E-state index in [9.17, 15) is 0 Å². The Hall–Kier alpha value is -2.67. The van der Waals surface area contributed by atoms with Gasteiger partial charge < -0.3 is 14.3 Å². The lowest BCUT2D eigenvalue weighted by Gasteiger charge is -2.11. The lowest BCUT2D eigenvalue weighted by Crippen LogP contribution is -2.14. The summed E-state index contributed by atoms with van der Waals surface area (Å²) < 4.78 is 12.8. The number of hydrogen-bond acceptors (Lipinski definition) is 6. The summed E-state index contributed by atoms with van der Waals surface area (Å²) in [5.41, 5.74) is 2.32. The van der Waals surface area contributed by atoms with Crippen LogP contribution in [0.3, 0.4) is 0 Å². The maximum Gasteiger partial charge on any atom is 0.245 e. The molecule has 7 nitrogen and oxygen atoms in total. The second-order valence-corrected chi connectivity index (χ2v) is 5.93. The van der Waals surface area contributed by atoms with Gasteiger partial charge in [0.25, 0.3) is 0 Å². The van der Waals surface area contributed by atoms with Crippen LogP contribution >= 0.6 is 0 Å². The van der Waals surface area contributed by atoms with Gasteiger partial charge in [-0.15, -0.1) is 4.73 Å². The Balaban J connectivity index is 1.81. The van der Waals surface area contributed by atoms with E-state index in [1.54, 1.807) is 19.0 Å². The van der Waals surface area contributed by atoms with Crippen LogP contribution in [0.5, 0.6) is 5.88 Å². The highest BCUT2D eigenvalue weighted by Gasteiger charge is 2.28. The van der Waals surface area contributed by atoms with E-state index in [0.29, 0.717) is 35.1 Å². The van der Waals surface area contributed by atoms with E-state index in [1.807, 2.05) is 30.3 Å². The largest absolute Gasteiger partial charge is 0.479 e. The molecule has 1 aromatic carbocycles. The van der Waals surface area contributed by atoms with Crippen molar-refractivity contribution in [1.82, 2.24) is 19.7 Å². The minimum atomic E-state index is -0.0866. The number of aromatic nitrogens is 4. The molecule has 25 heavy (non-hydrogen) atoms. The quantitative estimate of drug-likeness (QED) is 0.710. The van der Waals surface area contributed by atoms with E-state index in [-0.39, 0.29) is 6.10 Å². The van der Waals surface area contributed by atoms with E-state index < -0.39 is 0 Å². The van der Waals surface area contributed by atoms with Crippen molar-refractivity contribution in [2.75, 3.05) is 20.8 Å². The monoisotopic (exact) mass is 340 g/mol. The molecule has 1 saturated heterocycles. The number of rotatable bonds is 5. The Labute approximate surface area is 145 Å². The van der Waals surface area contributed by atoms with Gasteiger partial charge in [-0.05, 0) is 18.4 Å². The third-order valence-electron chi connectivity index (χ3n) is 4.31. The van der Waals surface area contributed by atoms with Crippen LogP contribution in [0.2, 0.25) is 0 Å². The van der Waals surface area contributed by atoms with Gasteiger partial charge in [0.15, 0.2) is 11.3 Å². The van der Waals surface area contributed by atoms with Crippen molar-refractivity contribution >= 4 is 11.2 Å². The maximum absolute atomic E-state index is 5.76. The van der Waals surface area contributed by atoms with Crippen LogP contribution in [-0.4, -0.2) is 40.5 Å². The summed E-state index contributed by atoms with van der Waals surface area (Å²) in [4.78, 5) is 19.4. The lowest BCUT2D eigenvalue weighted by atomic mass is 10.1. The second kappa shape index (κ2) is 6.68. The molecule has 0 N–H and O–H groups in total. The predicted molar refractivity (Wildman–Crippen MR) is 91.6 cm³/mol. The fourth-order valence-electron chi connectivity index (χ4n) is 3.14. The van der Waals surface area contributed by atoms with Crippen molar-refractivity contribution < 1.29 is 14.3 Å². The normalized spacial score (nSPS) is 17.1. The Kier molecular flexibility index (Phi) is 4.23. The lowest BCUT2D eigenvalue weighted by molar-refractivity contribution is 0.0761. The van der Waals surface area contributed by atoms with Gasteiger partial charge in [-0.25, -0.2) is 9.97 Å². The average molecular weight is 340 g/mol. The topological polar surface area (TPSA) is 71.3 Å². The first-order valence-electron chi connectivity index (χ1n) is 8.33. The van der Waals surface area contributed by atoms with Crippen molar-refractivity contribution in [1.29, 1.82) is 0 Å². The smallest absolute Gasteiger partial charge is 0.245 e. The number of hydrogen-bond donors (Lipinski definition) is 0. The Morgan fingerprint density at radius 3 is 2.68 bits per heavy atom. The first-order chi connectivity index (χ1) is 12.3. The SMILES string of the molecule is COc1nc(Cc2ccccc2)nc2c1nc(C1CCCO1)n2OC. The molecule has 0 radical (unpaired) electrons. The Morgan fingerprint density at radius 1 is 1.16 bits per heavy atom. The molecule has 0 saturated carbocycles. The third kappa shape index (κ3) is 2.91. The molecule has 2 aromatic heterocycles. The molecule has 130 valence electrons. The van der Waals surface area contributed by atoms with Crippen molar-refractivity contribution in [3.63, 3.8) is 0 Å². The number of fused-ring (bicyclic) bond motifs is 1. The molecule has 0 bridgehead atoms. The van der Waals surface area contributed by atoms with Gasteiger partial charge in [0, 0.05) is 13.0 Å². The summed E-state index contributed by atoms with van der Waals surface area (Å²) >= 11 is 0. The molecule has 0 spiro atoms. The summed E-state index contributed by atoms with van der Waals surface area (Å²) in [5.74, 6) is 1.82. The number of nitrogens with zero attached hydrogens (tertiary/aromatic N) is 4. The molecular weight excluding hydrogens is 320 g/mol. The zero-order valence-electron chi connectivity index (χ0n) is 14.3. The zero-order valence-corrected chi connectivity index (χ0v) is 14.3. The van der Waals surface area contributed by atoms with Crippen molar-refractivity contribution in [3.05, 3.63) is 47.5 Å². The highest BCUT2D eigenvalue weighted by molar-refractivity contribution is 5.77. The van der Waals surface area contributed by atoms with E-state index >= 15 is 0 Å². The summed E-state index contributed by atoms with van der Waals surface area (Å²) in [7, 11) is 3.19. The van der Waals surface area contributed by atoms with Crippen LogP contribution in [0.25, 0.3) is 11.2 Å². The van der Waals surface area contributed by atoms with Gasteiger partial charge >= 0.3 is 0 Å². The van der Waals surface area contributed by atoms with Crippen LogP contribution in [0.1, 0.15) is 36.2 Å². The fourth-order valence-corrected chi connectivity index (χ4v) is 3.14. The second-order valence-electron chi connectivity index (χ2n) is 5.93. The highest BCUT2D eigenvalue weighted by atomic mass is 16.6. The number of methoxy groups -OCH3 is 1. The van der Waals surface area contributed by atoms with Crippen molar-refractivity contribution in [2.24, 2.45) is 0 Å². The Bertz CT molecular complexity index is 873. The van der Waals surface area contributed by atoms with Gasteiger partial charge in [0.05, 0.1) is 7.11 Å². The molecule has 4 rings (SSSR count). The van der Waals surface area contributed by atoms with Crippen LogP contribution in [0, 0.1) is 0 Å². The molecule has 0 amide bonds. The first kappa shape index (κ1) is 15.8. The molecule has 3 aromatic rings. The molecule has 0 aliphatic carbocycles. The van der Waals surface area contributed by atoms with E-state index in [2.05, 4.69) is 15.0 Å². The standard InChI is InChI=1S/C18H20N4O3/c1-23-18-15-17(19-14(20-18)11-12-7-4-3-5-8-12)22(24-2)16(21-15)13-9-6-10-25-13/h3-5,7-8,13H,6,9-11H2,1-2H3. The van der Waals surface area contributed by atoms with Gasteiger partial charge in [-0.1, -0.05) is 30.3 Å². The molecule has 1 unspecified atom stereocenters. The van der Waals surface area contributed by atoms with Gasteiger partial charge in [-0.3, -0.25) is 0 Å². The molecule has 7 heteroatoms. The summed E-state index contributed by atoms with van der Waals surface area (Å²) in [5, 5.41) is 0. The zero-order chi connectivity index (χ0) is 17.2. The average Bonchev–Trinajstić information content (AvgIpc) is 3.29. The van der Waals surface area contributed by atoms with Crippen LogP contribution < -0.4 is 9.57 Å². The van der Waals surface area contributed by atoms with E-state index in [4.69, 9.17) is 14.3 Å². The number of ether oxygens (including phenoxy) is 2. The third-order valence-corrected chi connectivity index (χ3v) is 4.31. The van der Waals surface area contributed by atoms with E-state index in [0.717, 1.165) is 25.0 Å². The van der Waals surface area contributed by atoms with Crippen molar-refractivity contribution in [3.8, 4) is 5.88 Å². The van der Waals surface area contributed by atoms with Crippen molar-refractivity contribution in [2.45, 2.75) is 25.4 Å². The Morgan fingerprint density at radius 2 is 2.00 bits per heavy atom. The summed E-state index contributed by atoms with van der Waals surface area (Å²) in [6, 6.07) is 10.1. The molecule has 3 heterocycles. The van der Waals surface area contributed by atoms with Gasteiger partial charge in [0.2, 0.25) is 11.5 Å². The predicted octanol–water partition coefficient (Wildman–Crippen LogP) is 2.34. The molecular formula is C18H20N4O3. The molecule has 1 atom stereocenters. The maximum atomic E-state index is 5.76. The minimum Gasteiger partial charge on any atom is -0.479 e. The van der Waals surface area contributed by atoms with Crippen LogP contribution in [0.4, 0.5) is 0 Å². The molecule has 1 aliphatic rings. The summed E-state index contributed by atoms with van der Waals surface area (Å²) in [6.07, 6.45) is 2.45. The van der Waals surface area contributed by atoms with E-state index in [1.165, 1.54) is 0 Å². The number of benzene rings is 1. The van der Waals surface area contributed by atoms with Gasteiger partial charge in [0.1, 0.15) is 19.0 Å². The van der Waals surface area contributed by atoms with Gasteiger partial charge in [-0.2, -0.15) is 4.98 Å². The minimum absolute atomic E-state index is 0.0866. The summed E-state index contributed by atoms with van der Waals surface area (Å²) in [6.45, 7) is 0.736. The molecule has 1 aliphatic heterocycles. The molecule has 1 fully saturated rings. The fraction of sp³-hybridized carbons (Fsp3) is 0.389. The first-order valence-corrected chi connectivity index (χ1v) is 8.33.